The van der Waals surface area contributed by atoms with Crippen LogP contribution in [-0.2, 0) is 6.54 Å². The van der Waals surface area contributed by atoms with Gasteiger partial charge in [-0.15, -0.1) is 0 Å². The number of hydrogen-bond donors (Lipinski definition) is 1. The first-order valence-electron chi connectivity index (χ1n) is 9.26. The molecule has 2 aromatic carbocycles. The van der Waals surface area contributed by atoms with Crippen molar-refractivity contribution in [3.8, 4) is 17.2 Å². The first-order valence-corrected chi connectivity index (χ1v) is 9.26. The lowest BCUT2D eigenvalue weighted by atomic mass is 10.0. The van der Waals surface area contributed by atoms with Gasteiger partial charge in [0.1, 0.15) is 18.0 Å². The van der Waals surface area contributed by atoms with E-state index in [1.54, 1.807) is 19.3 Å². The van der Waals surface area contributed by atoms with Crippen LogP contribution in [0.2, 0.25) is 0 Å². The fourth-order valence-electron chi connectivity index (χ4n) is 3.18. The lowest BCUT2D eigenvalue weighted by Gasteiger charge is -2.20. The number of allylic oxidation sites excluding steroid dienone is 1. The fourth-order valence-corrected chi connectivity index (χ4v) is 3.18. The van der Waals surface area contributed by atoms with Crippen LogP contribution in [0.5, 0.6) is 17.2 Å². The number of nitrogens with one attached hydrogen (secondary N) is 1. The van der Waals surface area contributed by atoms with Gasteiger partial charge in [-0.1, -0.05) is 37.3 Å². The highest BCUT2D eigenvalue weighted by Crippen LogP contribution is 2.38. The molecular formula is C22H25NO4. The van der Waals surface area contributed by atoms with Crippen LogP contribution in [0.15, 0.2) is 42.2 Å². The van der Waals surface area contributed by atoms with Crippen LogP contribution in [0.3, 0.4) is 0 Å². The number of Topliss-reactive ketones (excluding diaryl/α,β-unsaturated/α-hetero) is 1. The molecule has 3 rings (SSSR count). The zero-order valence-corrected chi connectivity index (χ0v) is 16.0. The van der Waals surface area contributed by atoms with Crippen molar-refractivity contribution in [1.29, 1.82) is 0 Å². The number of methoxy groups -OCH3 is 1. The van der Waals surface area contributed by atoms with E-state index in [-0.39, 0.29) is 17.3 Å². The molecule has 1 unspecified atom stereocenters. The second kappa shape index (κ2) is 8.27. The van der Waals surface area contributed by atoms with E-state index in [1.807, 2.05) is 24.3 Å². The molecule has 1 atom stereocenters. The molecule has 1 heterocycles. The molecule has 5 heteroatoms. The Morgan fingerprint density at radius 2 is 1.93 bits per heavy atom. The molecule has 0 amide bonds. The summed E-state index contributed by atoms with van der Waals surface area (Å²) in [6, 6.07) is 10.4. The van der Waals surface area contributed by atoms with Crippen molar-refractivity contribution in [3.63, 3.8) is 0 Å². The van der Waals surface area contributed by atoms with Gasteiger partial charge in [-0.05, 0) is 36.3 Å². The number of carbonyl (C=O) groups excluding carboxylic acids is 1. The molecule has 0 fully saturated rings. The Morgan fingerprint density at radius 3 is 2.59 bits per heavy atom. The molecule has 0 saturated heterocycles. The van der Waals surface area contributed by atoms with Crippen LogP contribution >= 0.6 is 0 Å². The summed E-state index contributed by atoms with van der Waals surface area (Å²) in [6.45, 7) is 3.66. The Labute approximate surface area is 159 Å². The minimum atomic E-state index is -0.187. The maximum atomic E-state index is 12.7. The highest BCUT2D eigenvalue weighted by molar-refractivity contribution is 6.14. The van der Waals surface area contributed by atoms with Crippen molar-refractivity contribution in [3.05, 3.63) is 58.8 Å². The molecule has 0 saturated carbocycles. The van der Waals surface area contributed by atoms with Crippen molar-refractivity contribution in [2.24, 2.45) is 0 Å². The summed E-state index contributed by atoms with van der Waals surface area (Å²) in [5.41, 5.74) is 1.88. The number of carbonyl (C=O) groups is 1. The number of rotatable bonds is 7. The second-order valence-electron chi connectivity index (χ2n) is 6.87. The molecule has 2 aromatic rings. The topological polar surface area (TPSA) is 63.0 Å². The zero-order chi connectivity index (χ0) is 19.4. The number of unbranched alkanes of at least 4 members (excludes halogenated alkanes) is 1. The van der Waals surface area contributed by atoms with Gasteiger partial charge in [0.15, 0.2) is 5.76 Å². The Balaban J connectivity index is 1.87. The Bertz CT molecular complexity index is 855. The van der Waals surface area contributed by atoms with E-state index < -0.39 is 0 Å². The average molecular weight is 367 g/mol. The SMILES string of the molecule is CCCC[NH+](C)Cc1c([O-])ccc2c1OC(=Cc1ccc(OC)cc1)C2=O. The van der Waals surface area contributed by atoms with E-state index in [2.05, 4.69) is 14.0 Å². The molecule has 5 nitrogen and oxygen atoms in total. The molecule has 0 aliphatic carbocycles. The first-order chi connectivity index (χ1) is 13.0. The molecule has 0 aromatic heterocycles. The van der Waals surface area contributed by atoms with Gasteiger partial charge in [0.05, 0.1) is 26.3 Å². The van der Waals surface area contributed by atoms with E-state index in [0.29, 0.717) is 23.4 Å². The number of benzene rings is 2. The summed E-state index contributed by atoms with van der Waals surface area (Å²) in [5.74, 6) is 1.14. The number of fused-ring (bicyclic) bond motifs is 1. The predicted molar refractivity (Wildman–Crippen MR) is 102 cm³/mol. The normalized spacial score (nSPS) is 15.5. The standard InChI is InChI=1S/C22H25NO4/c1-4-5-12-23(2)14-18-19(24)11-10-17-21(25)20(27-22(17)18)13-15-6-8-16(26-3)9-7-15/h6-11,13,24H,4-5,12,14H2,1-3H3. The maximum Gasteiger partial charge on any atom is 0.231 e. The quantitative estimate of drug-likeness (QED) is 0.762. The van der Waals surface area contributed by atoms with Crippen LogP contribution in [0.4, 0.5) is 0 Å². The van der Waals surface area contributed by atoms with Gasteiger partial charge in [-0.25, -0.2) is 0 Å². The molecule has 0 radical (unpaired) electrons. The first kappa shape index (κ1) is 19.0. The highest BCUT2D eigenvalue weighted by atomic mass is 16.5. The monoisotopic (exact) mass is 367 g/mol. The Morgan fingerprint density at radius 1 is 1.19 bits per heavy atom. The smallest absolute Gasteiger partial charge is 0.231 e. The lowest BCUT2D eigenvalue weighted by molar-refractivity contribution is -0.894. The molecule has 0 bridgehead atoms. The van der Waals surface area contributed by atoms with Crippen molar-refractivity contribution in [2.45, 2.75) is 26.3 Å². The predicted octanol–water partition coefficient (Wildman–Crippen LogP) is 2.20. The Hall–Kier alpha value is -2.79. The minimum Gasteiger partial charge on any atom is -0.872 e. The Kier molecular flexibility index (Phi) is 5.81. The lowest BCUT2D eigenvalue weighted by Crippen LogP contribution is -3.07. The third kappa shape index (κ3) is 4.14. The van der Waals surface area contributed by atoms with Crippen LogP contribution in [0.25, 0.3) is 6.08 Å². The average Bonchev–Trinajstić information content (AvgIpc) is 2.99. The van der Waals surface area contributed by atoms with Crippen molar-refractivity contribution in [1.82, 2.24) is 0 Å². The van der Waals surface area contributed by atoms with Gasteiger partial charge in [-0.3, -0.25) is 4.79 Å². The fraction of sp³-hybridized carbons (Fsp3) is 0.318. The maximum absolute atomic E-state index is 12.7. The molecule has 1 aliphatic rings. The van der Waals surface area contributed by atoms with Gasteiger partial charge in [0.2, 0.25) is 5.78 Å². The second-order valence-corrected chi connectivity index (χ2v) is 6.87. The summed E-state index contributed by atoms with van der Waals surface area (Å²) in [4.78, 5) is 13.9. The van der Waals surface area contributed by atoms with Crippen molar-refractivity contribution < 1.29 is 24.3 Å². The van der Waals surface area contributed by atoms with Gasteiger partial charge in [0, 0.05) is 5.56 Å². The summed E-state index contributed by atoms with van der Waals surface area (Å²) < 4.78 is 11.0. The number of ketones is 1. The third-order valence-corrected chi connectivity index (χ3v) is 4.75. The van der Waals surface area contributed by atoms with Crippen LogP contribution in [-0.4, -0.2) is 26.5 Å². The third-order valence-electron chi connectivity index (χ3n) is 4.75. The molecule has 27 heavy (non-hydrogen) atoms. The van der Waals surface area contributed by atoms with E-state index in [4.69, 9.17) is 9.47 Å². The van der Waals surface area contributed by atoms with Gasteiger partial charge in [0.25, 0.3) is 0 Å². The highest BCUT2D eigenvalue weighted by Gasteiger charge is 2.30. The molecule has 1 aliphatic heterocycles. The summed E-state index contributed by atoms with van der Waals surface area (Å²) in [6.07, 6.45) is 3.90. The number of hydrogen-bond acceptors (Lipinski definition) is 4. The minimum absolute atomic E-state index is 0.0805. The zero-order valence-electron chi connectivity index (χ0n) is 16.0. The summed E-state index contributed by atoms with van der Waals surface area (Å²) in [7, 11) is 3.66. The van der Waals surface area contributed by atoms with E-state index >= 15 is 0 Å². The van der Waals surface area contributed by atoms with Gasteiger partial charge in [-0.2, -0.15) is 0 Å². The van der Waals surface area contributed by atoms with Crippen molar-refractivity contribution >= 4 is 11.9 Å². The molecule has 142 valence electrons. The van der Waals surface area contributed by atoms with E-state index in [9.17, 15) is 9.90 Å². The molecular weight excluding hydrogens is 342 g/mol. The molecule has 0 spiro atoms. The molecule has 1 N–H and O–H groups in total. The van der Waals surface area contributed by atoms with Crippen molar-refractivity contribution in [2.75, 3.05) is 20.7 Å². The van der Waals surface area contributed by atoms with Crippen LogP contribution in [0.1, 0.15) is 41.3 Å². The van der Waals surface area contributed by atoms with Crippen LogP contribution < -0.4 is 19.5 Å². The number of quaternary nitrogens is 1. The van der Waals surface area contributed by atoms with E-state index in [1.165, 1.54) is 11.0 Å². The summed E-state index contributed by atoms with van der Waals surface area (Å²) in [5, 5.41) is 12.4. The van der Waals surface area contributed by atoms with Crippen LogP contribution in [0, 0.1) is 0 Å². The number of ether oxygens (including phenoxy) is 2. The van der Waals surface area contributed by atoms with E-state index in [0.717, 1.165) is 30.7 Å². The summed E-state index contributed by atoms with van der Waals surface area (Å²) >= 11 is 0. The van der Waals surface area contributed by atoms with Gasteiger partial charge < -0.3 is 19.5 Å². The van der Waals surface area contributed by atoms with Gasteiger partial charge >= 0.3 is 0 Å². The largest absolute Gasteiger partial charge is 0.872 e.